The van der Waals surface area contributed by atoms with Crippen LogP contribution >= 0.6 is 0 Å². The molecule has 11 heteroatoms. The molecule has 0 spiro atoms. The third-order valence-electron chi connectivity index (χ3n) is 3.60. The van der Waals surface area contributed by atoms with Gasteiger partial charge in [0.15, 0.2) is 0 Å². The zero-order valence-corrected chi connectivity index (χ0v) is 13.2. The van der Waals surface area contributed by atoms with Crippen molar-refractivity contribution >= 4 is 0 Å². The largest absolute Gasteiger partial charge is 0.417 e. The van der Waals surface area contributed by atoms with Crippen LogP contribution < -0.4 is 0 Å². The lowest BCUT2D eigenvalue weighted by molar-refractivity contribution is -0.143. The molecule has 0 bridgehead atoms. The minimum atomic E-state index is -5.20. The summed E-state index contributed by atoms with van der Waals surface area (Å²) >= 11 is 0. The Kier molecular flexibility index (Phi) is 5.08. The Morgan fingerprint density at radius 3 is 1.39 bits per heavy atom. The number of nitriles is 2. The highest BCUT2D eigenvalue weighted by Crippen LogP contribution is 2.41. The second-order valence-electron chi connectivity index (χ2n) is 5.46. The maximum Gasteiger partial charge on any atom is 0.417 e. The first kappa shape index (κ1) is 21.1. The molecule has 0 N–H and O–H groups in total. The Morgan fingerprint density at radius 2 is 1.04 bits per heavy atom. The van der Waals surface area contributed by atoms with Crippen molar-refractivity contribution in [2.75, 3.05) is 0 Å². The highest BCUT2D eigenvalue weighted by Gasteiger charge is 2.38. The lowest BCUT2D eigenvalue weighted by Gasteiger charge is -2.16. The highest BCUT2D eigenvalue weighted by atomic mass is 19.4. The van der Waals surface area contributed by atoms with E-state index >= 15 is 0 Å². The first-order valence-electron chi connectivity index (χ1n) is 7.03. The average Bonchev–Trinajstić information content (AvgIpc) is 2.57. The number of hydrogen-bond donors (Lipinski definition) is 0. The molecule has 2 rings (SSSR count). The smallest absolute Gasteiger partial charge is 0.192 e. The van der Waals surface area contributed by atoms with Crippen molar-refractivity contribution in [2.45, 2.75) is 18.5 Å². The number of alkyl halides is 9. The molecule has 146 valence electrons. The van der Waals surface area contributed by atoms with Gasteiger partial charge in [-0.2, -0.15) is 50.0 Å². The van der Waals surface area contributed by atoms with Crippen LogP contribution in [0.2, 0.25) is 0 Å². The zero-order chi connectivity index (χ0) is 21.5. The van der Waals surface area contributed by atoms with E-state index in [1.807, 2.05) is 0 Å². The fourth-order valence-electron chi connectivity index (χ4n) is 2.36. The summed E-state index contributed by atoms with van der Waals surface area (Å²) < 4.78 is 117. The van der Waals surface area contributed by atoms with Crippen LogP contribution in [0.5, 0.6) is 0 Å². The van der Waals surface area contributed by atoms with E-state index in [1.54, 1.807) is 0 Å². The van der Waals surface area contributed by atoms with Crippen LogP contribution in [0, 0.1) is 22.7 Å². The van der Waals surface area contributed by atoms with Gasteiger partial charge in [0.05, 0.1) is 27.8 Å². The minimum absolute atomic E-state index is 0.178. The molecule has 0 atom stereocenters. The molecule has 28 heavy (non-hydrogen) atoms. The Morgan fingerprint density at radius 1 is 0.571 bits per heavy atom. The summed E-state index contributed by atoms with van der Waals surface area (Å²) in [7, 11) is 0. The molecule has 0 aliphatic rings. The van der Waals surface area contributed by atoms with Gasteiger partial charge in [-0.15, -0.1) is 0 Å². The van der Waals surface area contributed by atoms with Crippen LogP contribution in [-0.4, -0.2) is 0 Å². The van der Waals surface area contributed by atoms with Gasteiger partial charge in [-0.3, -0.25) is 0 Å². The van der Waals surface area contributed by atoms with Crippen LogP contribution in [0.3, 0.4) is 0 Å². The van der Waals surface area contributed by atoms with Gasteiger partial charge in [-0.1, -0.05) is 0 Å². The van der Waals surface area contributed by atoms with Crippen LogP contribution in [-0.2, 0) is 18.5 Å². The van der Waals surface area contributed by atoms with E-state index < -0.39 is 57.5 Å². The van der Waals surface area contributed by atoms with Crippen LogP contribution in [0.4, 0.5) is 39.5 Å². The molecular weight excluding hydrogens is 403 g/mol. The molecule has 0 heterocycles. The summed E-state index contributed by atoms with van der Waals surface area (Å²) in [5.74, 6) is 0. The number of rotatable bonds is 1. The molecule has 0 saturated heterocycles. The van der Waals surface area contributed by atoms with E-state index in [2.05, 4.69) is 0 Å². The lowest BCUT2D eigenvalue weighted by Crippen LogP contribution is -2.12. The van der Waals surface area contributed by atoms with Crippen LogP contribution in [0.1, 0.15) is 27.8 Å². The maximum absolute atomic E-state index is 13.2. The van der Waals surface area contributed by atoms with Gasteiger partial charge < -0.3 is 0 Å². The molecular formula is C17H5F9N2. The number of hydrogen-bond acceptors (Lipinski definition) is 2. The summed E-state index contributed by atoms with van der Waals surface area (Å²) in [6.07, 6.45) is -15.6. The predicted molar refractivity (Wildman–Crippen MR) is 76.3 cm³/mol. The molecule has 2 nitrogen and oxygen atoms in total. The van der Waals surface area contributed by atoms with Crippen LogP contribution in [0.25, 0.3) is 11.1 Å². The monoisotopic (exact) mass is 408 g/mol. The Bertz CT molecular complexity index is 968. The summed E-state index contributed by atoms with van der Waals surface area (Å²) in [6, 6.07) is 3.61. The standard InChI is InChI=1S/C17H5F9N2/c18-15(19,20)11-2-9(3-12(5-11)16(21,22)23)8-1-10(6-27)13(7-28)14(4-8)17(24,25)26/h1-5H. The van der Waals surface area contributed by atoms with Gasteiger partial charge in [0, 0.05) is 0 Å². The van der Waals surface area contributed by atoms with Gasteiger partial charge in [0.1, 0.15) is 12.1 Å². The summed E-state index contributed by atoms with van der Waals surface area (Å²) in [5.41, 5.74) is -8.58. The molecule has 0 unspecified atom stereocenters. The molecule has 0 saturated carbocycles. The van der Waals surface area contributed by atoms with Crippen molar-refractivity contribution in [3.05, 3.63) is 58.1 Å². The second kappa shape index (κ2) is 6.75. The van der Waals surface area contributed by atoms with Crippen molar-refractivity contribution in [2.24, 2.45) is 0 Å². The van der Waals surface area contributed by atoms with E-state index in [0.717, 1.165) is 0 Å². The SMILES string of the molecule is N#Cc1cc(-c2cc(C(F)(F)F)cc(C(F)(F)F)c2)cc(C(F)(F)F)c1C#N. The maximum atomic E-state index is 13.2. The van der Waals surface area contributed by atoms with E-state index in [-0.39, 0.29) is 24.3 Å². The van der Waals surface area contributed by atoms with Crippen molar-refractivity contribution in [3.8, 4) is 23.3 Å². The van der Waals surface area contributed by atoms with Crippen molar-refractivity contribution in [1.29, 1.82) is 10.5 Å². The Balaban J connectivity index is 2.88. The molecule has 0 amide bonds. The Hall–Kier alpha value is -3.21. The normalized spacial score (nSPS) is 12.4. The van der Waals surface area contributed by atoms with Gasteiger partial charge in [-0.25, -0.2) is 0 Å². The van der Waals surface area contributed by atoms with E-state index in [9.17, 15) is 39.5 Å². The number of halogens is 9. The van der Waals surface area contributed by atoms with Crippen molar-refractivity contribution in [3.63, 3.8) is 0 Å². The molecule has 0 radical (unpaired) electrons. The van der Waals surface area contributed by atoms with E-state index in [0.29, 0.717) is 6.07 Å². The third kappa shape index (κ3) is 4.19. The zero-order valence-electron chi connectivity index (χ0n) is 13.2. The van der Waals surface area contributed by atoms with Gasteiger partial charge in [0.2, 0.25) is 0 Å². The second-order valence-corrected chi connectivity index (χ2v) is 5.46. The molecule has 0 aliphatic carbocycles. The van der Waals surface area contributed by atoms with Crippen molar-refractivity contribution < 1.29 is 39.5 Å². The van der Waals surface area contributed by atoms with Crippen molar-refractivity contribution in [1.82, 2.24) is 0 Å². The van der Waals surface area contributed by atoms with E-state index in [4.69, 9.17) is 10.5 Å². The molecule has 0 aliphatic heterocycles. The topological polar surface area (TPSA) is 47.6 Å². The molecule has 2 aromatic carbocycles. The third-order valence-corrected chi connectivity index (χ3v) is 3.60. The number of nitrogens with zero attached hydrogens (tertiary/aromatic N) is 2. The lowest BCUT2D eigenvalue weighted by atomic mass is 9.93. The van der Waals surface area contributed by atoms with Gasteiger partial charge in [-0.05, 0) is 41.5 Å². The Labute approximate surface area is 151 Å². The average molecular weight is 408 g/mol. The van der Waals surface area contributed by atoms with E-state index in [1.165, 1.54) is 12.1 Å². The highest BCUT2D eigenvalue weighted by molar-refractivity contribution is 5.71. The summed E-state index contributed by atoms with van der Waals surface area (Å²) in [5, 5.41) is 17.8. The summed E-state index contributed by atoms with van der Waals surface area (Å²) in [6.45, 7) is 0. The first-order valence-corrected chi connectivity index (χ1v) is 7.03. The van der Waals surface area contributed by atoms with Gasteiger partial charge >= 0.3 is 18.5 Å². The fourth-order valence-corrected chi connectivity index (χ4v) is 2.36. The fraction of sp³-hybridized carbons (Fsp3) is 0.176. The predicted octanol–water partition coefficient (Wildman–Crippen LogP) is 6.15. The molecule has 0 aromatic heterocycles. The first-order chi connectivity index (χ1) is 12.7. The molecule has 2 aromatic rings. The van der Waals surface area contributed by atoms with Crippen LogP contribution in [0.15, 0.2) is 30.3 Å². The summed E-state index contributed by atoms with van der Waals surface area (Å²) in [4.78, 5) is 0. The minimum Gasteiger partial charge on any atom is -0.192 e. The number of benzene rings is 2. The van der Waals surface area contributed by atoms with Gasteiger partial charge in [0.25, 0.3) is 0 Å². The quantitative estimate of drug-likeness (QED) is 0.531. The molecule has 0 fully saturated rings.